The van der Waals surface area contributed by atoms with Crippen molar-refractivity contribution in [1.82, 2.24) is 0 Å². The fraction of sp³-hybridized carbons (Fsp3) is 0.667. The molecule has 2 radical (unpaired) electrons. The molecule has 1 fully saturated rings. The Morgan fingerprint density at radius 1 is 1.65 bits per heavy atom. The second-order valence-corrected chi connectivity index (χ2v) is 5.41. The topological polar surface area (TPSA) is 40.5 Å². The largest absolute Gasteiger partial charge is 0.396 e. The average molecular weight is 326 g/mol. The zero-order valence-electron chi connectivity index (χ0n) is 10.8. The fourth-order valence-corrected chi connectivity index (χ4v) is 3.10. The number of aryl methyl sites for hydroxylation is 1. The molecule has 1 aromatic heterocycles. The molecule has 3 atom stereocenters. The van der Waals surface area contributed by atoms with Crippen molar-refractivity contribution < 1.29 is 42.9 Å². The van der Waals surface area contributed by atoms with E-state index >= 15 is 0 Å². The smallest absolute Gasteiger partial charge is 0.210 e. The number of hydrogen-bond acceptors (Lipinski definition) is 3. The fourth-order valence-electron chi connectivity index (χ4n) is 2.43. The number of aliphatic hydroxyl groups excluding tert-OH is 2. The van der Waals surface area contributed by atoms with Gasteiger partial charge in [-0.1, -0.05) is 31.4 Å². The third kappa shape index (κ3) is 4.43. The van der Waals surface area contributed by atoms with Crippen LogP contribution in [0.2, 0.25) is 12.1 Å². The molecule has 1 saturated heterocycles. The maximum atomic E-state index is 9.78. The first-order chi connectivity index (χ1) is 8.31. The van der Waals surface area contributed by atoms with Crippen LogP contribution in [-0.2, 0) is 39.1 Å². The Balaban J connectivity index is 0.00000162. The standard InChI is InChI=1S/C12H17BO2S.Y/c14-8-10-11(13-7-12(10)15)5-1-3-9-4-2-6-16-9;/h2,4,10-12,14-15H,1,3,5,7-8H2;/q-1;/t10-,11-,12-;/m1./s1/i14D;. The molecule has 0 unspecified atom stereocenters. The predicted octanol–water partition coefficient (Wildman–Crippen LogP) is 1.76. The summed E-state index contributed by atoms with van der Waals surface area (Å²) in [7, 11) is 2.19. The van der Waals surface area contributed by atoms with Gasteiger partial charge in [0.15, 0.2) is 0 Å². The first kappa shape index (κ1) is 14.2. The van der Waals surface area contributed by atoms with E-state index in [4.69, 9.17) is 1.43 Å². The van der Waals surface area contributed by atoms with Gasteiger partial charge in [0.05, 0.1) is 6.10 Å². The van der Waals surface area contributed by atoms with E-state index in [1.807, 2.05) is 6.07 Å². The van der Waals surface area contributed by atoms with Crippen molar-refractivity contribution in [1.29, 1.82) is 1.43 Å². The van der Waals surface area contributed by atoms with Gasteiger partial charge in [-0.05, 0) is 0 Å². The number of thiophene rings is 1. The summed E-state index contributed by atoms with van der Waals surface area (Å²) in [6.07, 6.45) is 3.70. The van der Waals surface area contributed by atoms with E-state index < -0.39 is 0 Å². The zero-order chi connectivity index (χ0) is 12.1. The van der Waals surface area contributed by atoms with Gasteiger partial charge >= 0.3 is 0 Å². The molecule has 0 spiro atoms. The maximum absolute atomic E-state index is 9.78. The van der Waals surface area contributed by atoms with Crippen molar-refractivity contribution in [3.63, 3.8) is 0 Å². The molecular weight excluding hydrogens is 308 g/mol. The average Bonchev–Trinajstić information content (AvgIpc) is 2.93. The zero-order valence-corrected chi connectivity index (χ0v) is 13.5. The minimum atomic E-state index is -0.319. The Kier molecular flexibility index (Phi) is 6.73. The first-order valence-electron chi connectivity index (χ1n) is 6.26. The van der Waals surface area contributed by atoms with E-state index in [1.54, 1.807) is 11.3 Å². The summed E-state index contributed by atoms with van der Waals surface area (Å²) >= 11 is 1.68. The molecule has 0 aromatic carbocycles. The van der Waals surface area contributed by atoms with Crippen molar-refractivity contribution >= 4 is 18.6 Å². The van der Waals surface area contributed by atoms with Crippen LogP contribution in [-0.4, -0.2) is 31.6 Å². The van der Waals surface area contributed by atoms with Crippen LogP contribution < -0.4 is 0 Å². The predicted molar refractivity (Wildman–Crippen MR) is 67.0 cm³/mol. The Morgan fingerprint density at radius 3 is 3.24 bits per heavy atom. The molecule has 2 nitrogen and oxygen atoms in total. The molecule has 2 rings (SSSR count). The number of aliphatic hydroxyl groups is 2. The SMILES string of the molecule is [2H]OC[C@H]1[C@H](O)C[B][C@@H]1CCCc1cc[c-]s1.[Y]. The summed E-state index contributed by atoms with van der Waals surface area (Å²) in [5.74, 6) is 0.515. The van der Waals surface area contributed by atoms with Gasteiger partial charge in [-0.15, -0.1) is 10.3 Å². The quantitative estimate of drug-likeness (QED) is 0.618. The Morgan fingerprint density at radius 2 is 2.53 bits per heavy atom. The molecule has 0 aliphatic carbocycles. The second-order valence-electron chi connectivity index (χ2n) is 4.44. The molecule has 90 valence electrons. The van der Waals surface area contributed by atoms with Crippen molar-refractivity contribution in [3.8, 4) is 0 Å². The summed E-state index contributed by atoms with van der Waals surface area (Å²) in [6.45, 7) is 0.342. The summed E-state index contributed by atoms with van der Waals surface area (Å²) < 4.78 is 6.81. The van der Waals surface area contributed by atoms with Gasteiger partial charge in [-0.25, -0.2) is 6.07 Å². The van der Waals surface area contributed by atoms with Crippen LogP contribution in [0.1, 0.15) is 17.7 Å². The molecule has 0 saturated carbocycles. The molecular formula is C12H17BO2SY-. The number of hydrogen-bond donors (Lipinski definition) is 2. The van der Waals surface area contributed by atoms with Crippen LogP contribution in [0.25, 0.3) is 0 Å². The van der Waals surface area contributed by atoms with Gasteiger partial charge in [0, 0.05) is 45.2 Å². The minimum absolute atomic E-state index is 0. The van der Waals surface area contributed by atoms with Crippen LogP contribution >= 0.6 is 11.3 Å². The van der Waals surface area contributed by atoms with E-state index in [9.17, 15) is 5.11 Å². The Bertz CT molecular complexity index is 326. The molecule has 1 aliphatic rings. The summed E-state index contributed by atoms with van der Waals surface area (Å²) in [5.41, 5.74) is 0. The van der Waals surface area contributed by atoms with E-state index in [0.29, 0.717) is 12.4 Å². The van der Waals surface area contributed by atoms with Crippen molar-refractivity contribution in [2.75, 3.05) is 6.61 Å². The molecule has 1 aromatic rings. The van der Waals surface area contributed by atoms with Gasteiger partial charge in [0.25, 0.3) is 0 Å². The van der Waals surface area contributed by atoms with E-state index in [2.05, 4.69) is 23.8 Å². The van der Waals surface area contributed by atoms with E-state index in [1.165, 1.54) is 4.88 Å². The molecule has 0 bridgehead atoms. The first-order valence-corrected chi connectivity index (χ1v) is 6.67. The van der Waals surface area contributed by atoms with Crippen molar-refractivity contribution in [2.24, 2.45) is 5.92 Å². The van der Waals surface area contributed by atoms with Crippen LogP contribution in [0.5, 0.6) is 0 Å². The maximum Gasteiger partial charge on any atom is 0.210 e. The van der Waals surface area contributed by atoms with E-state index in [0.717, 1.165) is 25.6 Å². The summed E-state index contributed by atoms with van der Waals surface area (Å²) in [6, 6.07) is 4.07. The van der Waals surface area contributed by atoms with Gasteiger partial charge < -0.3 is 21.6 Å². The van der Waals surface area contributed by atoms with Gasteiger partial charge in [-0.2, -0.15) is 6.07 Å². The van der Waals surface area contributed by atoms with E-state index in [-0.39, 0.29) is 44.7 Å². The third-order valence-electron chi connectivity index (χ3n) is 3.40. The molecule has 17 heavy (non-hydrogen) atoms. The molecule has 2 N–H and O–H groups in total. The van der Waals surface area contributed by atoms with Crippen LogP contribution in [0.15, 0.2) is 12.1 Å². The van der Waals surface area contributed by atoms with Gasteiger partial charge in [-0.3, -0.25) is 0 Å². The number of rotatable bonds is 6. The van der Waals surface area contributed by atoms with Crippen LogP contribution in [0.3, 0.4) is 0 Å². The van der Waals surface area contributed by atoms with Gasteiger partial charge in [0.2, 0.25) is 1.43 Å². The summed E-state index contributed by atoms with van der Waals surface area (Å²) in [5, 5.41) is 17.3. The molecule has 2 heterocycles. The Hall–Kier alpha value is 0.789. The third-order valence-corrected chi connectivity index (χ3v) is 4.26. The van der Waals surface area contributed by atoms with Crippen LogP contribution in [0, 0.1) is 11.3 Å². The van der Waals surface area contributed by atoms with Gasteiger partial charge in [0.1, 0.15) is 7.28 Å². The monoisotopic (exact) mass is 326 g/mol. The van der Waals surface area contributed by atoms with Crippen molar-refractivity contribution in [3.05, 3.63) is 22.4 Å². The van der Waals surface area contributed by atoms with Crippen molar-refractivity contribution in [2.45, 2.75) is 37.5 Å². The minimum Gasteiger partial charge on any atom is -0.396 e. The molecule has 1 aliphatic heterocycles. The summed E-state index contributed by atoms with van der Waals surface area (Å²) in [4.78, 5) is 1.37. The molecule has 5 heteroatoms. The molecule has 0 amide bonds. The Labute approximate surface area is 134 Å². The second kappa shape index (κ2) is 8.06. The van der Waals surface area contributed by atoms with Crippen LogP contribution in [0.4, 0.5) is 0 Å². The normalized spacial score (nSPS) is 28.3.